The second-order valence-electron chi connectivity index (χ2n) is 3.22. The third-order valence-corrected chi connectivity index (χ3v) is 1.96. The molecular formula is C9H18N4. The van der Waals surface area contributed by atoms with Crippen LogP contribution in [0.4, 0.5) is 0 Å². The molecule has 0 radical (unpaired) electrons. The zero-order valence-corrected chi connectivity index (χ0v) is 8.24. The molecule has 0 aliphatic heterocycles. The fourth-order valence-corrected chi connectivity index (χ4v) is 1.17. The summed E-state index contributed by atoms with van der Waals surface area (Å²) in [5.41, 5.74) is 6.50. The molecule has 0 saturated heterocycles. The van der Waals surface area contributed by atoms with Gasteiger partial charge in [-0.3, -0.25) is 4.68 Å². The summed E-state index contributed by atoms with van der Waals surface area (Å²) in [5, 5.41) is 8.10. The van der Waals surface area contributed by atoms with Crippen molar-refractivity contribution in [3.8, 4) is 0 Å². The van der Waals surface area contributed by atoms with Crippen LogP contribution in [-0.2, 0) is 13.0 Å². The van der Waals surface area contributed by atoms with Gasteiger partial charge < -0.3 is 5.73 Å². The van der Waals surface area contributed by atoms with Crippen molar-refractivity contribution in [3.05, 3.63) is 11.9 Å². The van der Waals surface area contributed by atoms with E-state index in [1.807, 2.05) is 10.9 Å². The molecule has 0 spiro atoms. The predicted octanol–water partition coefficient (Wildman–Crippen LogP) is 0.970. The van der Waals surface area contributed by atoms with Gasteiger partial charge in [0, 0.05) is 12.7 Å². The second kappa shape index (κ2) is 5.70. The van der Waals surface area contributed by atoms with Crippen LogP contribution >= 0.6 is 0 Å². The molecule has 0 amide bonds. The van der Waals surface area contributed by atoms with Crippen molar-refractivity contribution in [2.45, 2.75) is 39.2 Å². The number of aromatic nitrogens is 3. The second-order valence-corrected chi connectivity index (χ2v) is 3.22. The number of nitrogens with two attached hydrogens (primary N) is 1. The minimum atomic E-state index is 0.712. The average Bonchev–Trinajstić information content (AvgIpc) is 2.59. The highest BCUT2D eigenvalue weighted by atomic mass is 15.4. The topological polar surface area (TPSA) is 56.7 Å². The van der Waals surface area contributed by atoms with E-state index in [0.29, 0.717) is 6.54 Å². The summed E-state index contributed by atoms with van der Waals surface area (Å²) in [6.45, 7) is 3.78. The number of hydrogen-bond donors (Lipinski definition) is 1. The molecule has 0 saturated carbocycles. The molecule has 0 aliphatic rings. The fourth-order valence-electron chi connectivity index (χ4n) is 1.17. The summed E-state index contributed by atoms with van der Waals surface area (Å²) in [6.07, 6.45) is 6.42. The Hall–Kier alpha value is -0.900. The van der Waals surface area contributed by atoms with Crippen LogP contribution in [0.25, 0.3) is 0 Å². The molecule has 2 N–H and O–H groups in total. The molecule has 1 rings (SSSR count). The lowest BCUT2D eigenvalue weighted by Gasteiger charge is -1.95. The smallest absolute Gasteiger partial charge is 0.0827 e. The summed E-state index contributed by atoms with van der Waals surface area (Å²) in [6, 6.07) is 0. The lowest BCUT2D eigenvalue weighted by atomic mass is 10.2. The molecular weight excluding hydrogens is 164 g/mol. The molecule has 0 atom stereocenters. The first-order valence-electron chi connectivity index (χ1n) is 4.96. The molecule has 74 valence electrons. The van der Waals surface area contributed by atoms with Gasteiger partial charge in [0.25, 0.3) is 0 Å². The molecule has 4 heteroatoms. The zero-order valence-electron chi connectivity index (χ0n) is 8.24. The van der Waals surface area contributed by atoms with Crippen molar-refractivity contribution in [2.24, 2.45) is 5.73 Å². The largest absolute Gasteiger partial charge is 0.330 e. The Morgan fingerprint density at radius 3 is 3.00 bits per heavy atom. The maximum absolute atomic E-state index is 5.40. The van der Waals surface area contributed by atoms with E-state index in [-0.39, 0.29) is 0 Å². The monoisotopic (exact) mass is 182 g/mol. The van der Waals surface area contributed by atoms with Gasteiger partial charge in [-0.2, -0.15) is 0 Å². The van der Waals surface area contributed by atoms with Crippen LogP contribution in [0, 0.1) is 0 Å². The van der Waals surface area contributed by atoms with Gasteiger partial charge in [0.15, 0.2) is 0 Å². The van der Waals surface area contributed by atoms with Crippen LogP contribution in [0.5, 0.6) is 0 Å². The Morgan fingerprint density at radius 2 is 2.31 bits per heavy atom. The van der Waals surface area contributed by atoms with Crippen molar-refractivity contribution in [3.63, 3.8) is 0 Å². The molecule has 0 fully saturated rings. The van der Waals surface area contributed by atoms with Gasteiger partial charge >= 0.3 is 0 Å². The van der Waals surface area contributed by atoms with E-state index in [9.17, 15) is 0 Å². The van der Waals surface area contributed by atoms with Gasteiger partial charge in [0.2, 0.25) is 0 Å². The van der Waals surface area contributed by atoms with E-state index in [0.717, 1.165) is 25.1 Å². The van der Waals surface area contributed by atoms with Gasteiger partial charge in [-0.15, -0.1) is 5.10 Å². The Balaban J connectivity index is 2.34. The number of unbranched alkanes of at least 4 members (excludes halogenated alkanes) is 1. The number of nitrogens with zero attached hydrogens (tertiary/aromatic N) is 3. The molecule has 0 aromatic carbocycles. The third kappa shape index (κ3) is 3.55. The van der Waals surface area contributed by atoms with Crippen molar-refractivity contribution in [2.75, 3.05) is 6.54 Å². The van der Waals surface area contributed by atoms with E-state index >= 15 is 0 Å². The molecule has 4 nitrogen and oxygen atoms in total. The molecule has 0 unspecified atom stereocenters. The van der Waals surface area contributed by atoms with Crippen LogP contribution in [0.1, 0.15) is 31.9 Å². The van der Waals surface area contributed by atoms with Crippen molar-refractivity contribution >= 4 is 0 Å². The average molecular weight is 182 g/mol. The lowest BCUT2D eigenvalue weighted by molar-refractivity contribution is 0.564. The van der Waals surface area contributed by atoms with Gasteiger partial charge in [-0.25, -0.2) is 0 Å². The van der Waals surface area contributed by atoms with Crippen LogP contribution in [0.3, 0.4) is 0 Å². The van der Waals surface area contributed by atoms with Crippen LogP contribution < -0.4 is 5.73 Å². The maximum Gasteiger partial charge on any atom is 0.0827 e. The third-order valence-electron chi connectivity index (χ3n) is 1.96. The first-order valence-corrected chi connectivity index (χ1v) is 4.96. The Bertz CT molecular complexity index is 209. The zero-order chi connectivity index (χ0) is 9.52. The standard InChI is InChI=1S/C9H18N4/c1-2-3-5-9-8-13(12-11-9)7-4-6-10/h8H,2-7,10H2,1H3. The number of hydrogen-bond acceptors (Lipinski definition) is 3. The first kappa shape index (κ1) is 10.2. The van der Waals surface area contributed by atoms with Crippen LogP contribution in [0.15, 0.2) is 6.20 Å². The van der Waals surface area contributed by atoms with E-state index < -0.39 is 0 Å². The highest BCUT2D eigenvalue weighted by Gasteiger charge is 1.98. The van der Waals surface area contributed by atoms with Crippen molar-refractivity contribution < 1.29 is 0 Å². The summed E-state index contributed by atoms with van der Waals surface area (Å²) < 4.78 is 1.87. The molecule has 0 bridgehead atoms. The molecule has 1 aromatic rings. The van der Waals surface area contributed by atoms with E-state index in [1.165, 1.54) is 12.8 Å². The van der Waals surface area contributed by atoms with Gasteiger partial charge in [0.05, 0.1) is 5.69 Å². The van der Waals surface area contributed by atoms with Crippen molar-refractivity contribution in [1.82, 2.24) is 15.0 Å². The van der Waals surface area contributed by atoms with Crippen molar-refractivity contribution in [1.29, 1.82) is 0 Å². The van der Waals surface area contributed by atoms with E-state index in [2.05, 4.69) is 17.2 Å². The summed E-state index contributed by atoms with van der Waals surface area (Å²) in [7, 11) is 0. The number of rotatable bonds is 6. The lowest BCUT2D eigenvalue weighted by Crippen LogP contribution is -2.06. The fraction of sp³-hybridized carbons (Fsp3) is 0.778. The van der Waals surface area contributed by atoms with Crippen LogP contribution in [0.2, 0.25) is 0 Å². The van der Waals surface area contributed by atoms with E-state index in [4.69, 9.17) is 5.73 Å². The Kier molecular flexibility index (Phi) is 4.46. The highest BCUT2D eigenvalue weighted by Crippen LogP contribution is 2.00. The molecule has 1 heterocycles. The minimum absolute atomic E-state index is 0.712. The summed E-state index contributed by atoms with van der Waals surface area (Å²) in [5.74, 6) is 0. The summed E-state index contributed by atoms with van der Waals surface area (Å²) in [4.78, 5) is 0. The van der Waals surface area contributed by atoms with Gasteiger partial charge in [0.1, 0.15) is 0 Å². The Morgan fingerprint density at radius 1 is 1.46 bits per heavy atom. The molecule has 13 heavy (non-hydrogen) atoms. The van der Waals surface area contributed by atoms with Gasteiger partial charge in [-0.1, -0.05) is 18.6 Å². The quantitative estimate of drug-likeness (QED) is 0.713. The molecule has 1 aromatic heterocycles. The Labute approximate surface area is 79.1 Å². The molecule has 0 aliphatic carbocycles. The SMILES string of the molecule is CCCCc1cn(CCCN)nn1. The maximum atomic E-state index is 5.40. The normalized spacial score (nSPS) is 10.6. The van der Waals surface area contributed by atoms with Gasteiger partial charge in [-0.05, 0) is 25.8 Å². The minimum Gasteiger partial charge on any atom is -0.330 e. The predicted molar refractivity (Wildman–Crippen MR) is 52.3 cm³/mol. The summed E-state index contributed by atoms with van der Waals surface area (Å²) >= 11 is 0. The first-order chi connectivity index (χ1) is 6.36. The number of aryl methyl sites for hydroxylation is 2. The van der Waals surface area contributed by atoms with E-state index in [1.54, 1.807) is 0 Å². The van der Waals surface area contributed by atoms with Crippen LogP contribution in [-0.4, -0.2) is 21.5 Å². The highest BCUT2D eigenvalue weighted by molar-refractivity contribution is 4.91.